The van der Waals surface area contributed by atoms with Crippen LogP contribution in [0.2, 0.25) is 0 Å². The highest BCUT2D eigenvalue weighted by molar-refractivity contribution is 5.78. The zero-order valence-electron chi connectivity index (χ0n) is 10.1. The van der Waals surface area contributed by atoms with Crippen molar-refractivity contribution in [2.45, 2.75) is 12.8 Å². The quantitative estimate of drug-likeness (QED) is 0.593. The molecule has 98 valence electrons. The molecule has 1 saturated heterocycles. The van der Waals surface area contributed by atoms with Crippen molar-refractivity contribution < 1.29 is 19.4 Å². The number of methoxy groups -OCH3 is 1. The average molecular weight is 244 g/mol. The SMILES string of the molecule is COCCCNC(=O)CN1CC[C@@H](C(=O)O)C1. The van der Waals surface area contributed by atoms with E-state index in [0.717, 1.165) is 6.42 Å². The molecular weight excluding hydrogens is 224 g/mol. The van der Waals surface area contributed by atoms with E-state index in [1.165, 1.54) is 0 Å². The van der Waals surface area contributed by atoms with Crippen LogP contribution >= 0.6 is 0 Å². The molecule has 6 nitrogen and oxygen atoms in total. The van der Waals surface area contributed by atoms with Crippen LogP contribution in [0.5, 0.6) is 0 Å². The van der Waals surface area contributed by atoms with Crippen molar-refractivity contribution >= 4 is 11.9 Å². The van der Waals surface area contributed by atoms with E-state index in [0.29, 0.717) is 32.7 Å². The Morgan fingerprint density at radius 1 is 1.53 bits per heavy atom. The molecule has 0 aromatic carbocycles. The number of ether oxygens (including phenoxy) is 1. The van der Waals surface area contributed by atoms with Gasteiger partial charge in [0.1, 0.15) is 0 Å². The predicted molar refractivity (Wildman–Crippen MR) is 61.7 cm³/mol. The summed E-state index contributed by atoms with van der Waals surface area (Å²) < 4.78 is 4.87. The zero-order chi connectivity index (χ0) is 12.7. The molecular formula is C11H20N2O4. The normalized spacial score (nSPS) is 20.4. The summed E-state index contributed by atoms with van der Waals surface area (Å²) in [6.45, 7) is 2.67. The van der Waals surface area contributed by atoms with Crippen LogP contribution < -0.4 is 5.32 Å². The molecule has 0 unspecified atom stereocenters. The summed E-state index contributed by atoms with van der Waals surface area (Å²) in [4.78, 5) is 24.1. The lowest BCUT2D eigenvalue weighted by Crippen LogP contribution is -2.37. The van der Waals surface area contributed by atoms with E-state index in [1.54, 1.807) is 7.11 Å². The molecule has 0 radical (unpaired) electrons. The van der Waals surface area contributed by atoms with E-state index in [2.05, 4.69) is 5.32 Å². The van der Waals surface area contributed by atoms with Crippen molar-refractivity contribution in [1.29, 1.82) is 0 Å². The van der Waals surface area contributed by atoms with Gasteiger partial charge >= 0.3 is 5.97 Å². The molecule has 1 fully saturated rings. The lowest BCUT2D eigenvalue weighted by atomic mass is 10.1. The molecule has 1 aliphatic heterocycles. The Hall–Kier alpha value is -1.14. The number of rotatable bonds is 7. The van der Waals surface area contributed by atoms with Crippen molar-refractivity contribution in [2.24, 2.45) is 5.92 Å². The first-order valence-electron chi connectivity index (χ1n) is 5.84. The Morgan fingerprint density at radius 2 is 2.29 bits per heavy atom. The number of amides is 1. The third kappa shape index (κ3) is 5.14. The molecule has 6 heteroatoms. The van der Waals surface area contributed by atoms with Crippen LogP contribution in [0.4, 0.5) is 0 Å². The highest BCUT2D eigenvalue weighted by atomic mass is 16.5. The van der Waals surface area contributed by atoms with Crippen LogP contribution in [0.1, 0.15) is 12.8 Å². The number of likely N-dealkylation sites (tertiary alicyclic amines) is 1. The summed E-state index contributed by atoms with van der Waals surface area (Å²) >= 11 is 0. The average Bonchev–Trinajstić information content (AvgIpc) is 2.73. The number of hydrogen-bond donors (Lipinski definition) is 2. The van der Waals surface area contributed by atoms with E-state index in [1.807, 2.05) is 4.90 Å². The van der Waals surface area contributed by atoms with Gasteiger partial charge in [-0.3, -0.25) is 14.5 Å². The van der Waals surface area contributed by atoms with Crippen molar-refractivity contribution in [3.05, 3.63) is 0 Å². The van der Waals surface area contributed by atoms with Crippen LogP contribution in [0.15, 0.2) is 0 Å². The monoisotopic (exact) mass is 244 g/mol. The summed E-state index contributed by atoms with van der Waals surface area (Å²) in [6, 6.07) is 0. The van der Waals surface area contributed by atoms with Gasteiger partial charge in [0.05, 0.1) is 12.5 Å². The molecule has 1 rings (SSSR count). The number of carbonyl (C=O) groups is 2. The van der Waals surface area contributed by atoms with Crippen molar-refractivity contribution in [1.82, 2.24) is 10.2 Å². The second-order valence-corrected chi connectivity index (χ2v) is 4.26. The summed E-state index contributed by atoms with van der Waals surface area (Å²) in [7, 11) is 1.62. The van der Waals surface area contributed by atoms with Crippen LogP contribution in [-0.4, -0.2) is 61.8 Å². The Balaban J connectivity index is 2.13. The van der Waals surface area contributed by atoms with Gasteiger partial charge < -0.3 is 15.2 Å². The third-order valence-corrected chi connectivity index (χ3v) is 2.84. The number of nitrogens with zero attached hydrogens (tertiary/aromatic N) is 1. The fraction of sp³-hybridized carbons (Fsp3) is 0.818. The van der Waals surface area contributed by atoms with E-state index in [-0.39, 0.29) is 18.4 Å². The van der Waals surface area contributed by atoms with E-state index >= 15 is 0 Å². The molecule has 0 spiro atoms. The Labute approximate surface area is 101 Å². The predicted octanol–water partition coefficient (Wildman–Crippen LogP) is -0.454. The molecule has 1 amide bonds. The van der Waals surface area contributed by atoms with Gasteiger partial charge in [0.15, 0.2) is 0 Å². The van der Waals surface area contributed by atoms with E-state index < -0.39 is 5.97 Å². The standard InChI is InChI=1S/C11H20N2O4/c1-17-6-2-4-12-10(14)8-13-5-3-9(7-13)11(15)16/h9H,2-8H2,1H3,(H,12,14)(H,15,16)/t9-/m1/s1. The maximum absolute atomic E-state index is 11.5. The minimum atomic E-state index is -0.770. The van der Waals surface area contributed by atoms with Gasteiger partial charge in [0, 0.05) is 26.8 Å². The van der Waals surface area contributed by atoms with E-state index in [4.69, 9.17) is 9.84 Å². The number of carboxylic acids is 1. The molecule has 1 heterocycles. The lowest BCUT2D eigenvalue weighted by Gasteiger charge is -2.14. The zero-order valence-corrected chi connectivity index (χ0v) is 10.1. The molecule has 1 atom stereocenters. The van der Waals surface area contributed by atoms with Crippen molar-refractivity contribution in [2.75, 3.05) is 39.9 Å². The van der Waals surface area contributed by atoms with Gasteiger partial charge in [-0.15, -0.1) is 0 Å². The van der Waals surface area contributed by atoms with Gasteiger partial charge in [0.2, 0.25) is 5.91 Å². The first-order valence-corrected chi connectivity index (χ1v) is 5.84. The Bertz CT molecular complexity index is 270. The van der Waals surface area contributed by atoms with Gasteiger partial charge in [-0.05, 0) is 19.4 Å². The molecule has 1 aliphatic rings. The summed E-state index contributed by atoms with van der Waals surface area (Å²) in [5, 5.41) is 11.6. The Morgan fingerprint density at radius 3 is 2.88 bits per heavy atom. The van der Waals surface area contributed by atoms with Crippen LogP contribution in [0.3, 0.4) is 0 Å². The van der Waals surface area contributed by atoms with Gasteiger partial charge in [-0.1, -0.05) is 0 Å². The fourth-order valence-corrected chi connectivity index (χ4v) is 1.88. The molecule has 17 heavy (non-hydrogen) atoms. The summed E-state index contributed by atoms with van der Waals surface area (Å²) in [5.41, 5.74) is 0. The Kier molecular flexibility index (Phi) is 5.93. The smallest absolute Gasteiger partial charge is 0.307 e. The molecule has 0 aromatic heterocycles. The molecule has 0 bridgehead atoms. The van der Waals surface area contributed by atoms with Gasteiger partial charge in [-0.2, -0.15) is 0 Å². The summed E-state index contributed by atoms with van der Waals surface area (Å²) in [6.07, 6.45) is 1.42. The van der Waals surface area contributed by atoms with Crippen molar-refractivity contribution in [3.63, 3.8) is 0 Å². The van der Waals surface area contributed by atoms with Crippen LogP contribution in [-0.2, 0) is 14.3 Å². The number of hydrogen-bond acceptors (Lipinski definition) is 4. The number of nitrogens with one attached hydrogen (secondary N) is 1. The first-order chi connectivity index (χ1) is 8.13. The van der Waals surface area contributed by atoms with Gasteiger partial charge in [-0.25, -0.2) is 0 Å². The molecule has 0 aliphatic carbocycles. The second kappa shape index (κ2) is 7.24. The van der Waals surface area contributed by atoms with Crippen LogP contribution in [0.25, 0.3) is 0 Å². The first kappa shape index (κ1) is 13.9. The van der Waals surface area contributed by atoms with Crippen LogP contribution in [0, 0.1) is 5.92 Å². The lowest BCUT2D eigenvalue weighted by molar-refractivity contribution is -0.141. The highest BCUT2D eigenvalue weighted by Gasteiger charge is 2.28. The molecule has 0 aromatic rings. The van der Waals surface area contributed by atoms with Gasteiger partial charge in [0.25, 0.3) is 0 Å². The maximum atomic E-state index is 11.5. The fourth-order valence-electron chi connectivity index (χ4n) is 1.88. The third-order valence-electron chi connectivity index (χ3n) is 2.84. The second-order valence-electron chi connectivity index (χ2n) is 4.26. The molecule has 0 saturated carbocycles. The number of carbonyl (C=O) groups excluding carboxylic acids is 1. The number of carboxylic acid groups (broad SMARTS) is 1. The largest absolute Gasteiger partial charge is 0.481 e. The number of aliphatic carboxylic acids is 1. The minimum Gasteiger partial charge on any atom is -0.481 e. The summed E-state index contributed by atoms with van der Waals surface area (Å²) in [5.74, 6) is -1.14. The maximum Gasteiger partial charge on any atom is 0.307 e. The van der Waals surface area contributed by atoms with Crippen molar-refractivity contribution in [3.8, 4) is 0 Å². The highest BCUT2D eigenvalue weighted by Crippen LogP contribution is 2.15. The van der Waals surface area contributed by atoms with E-state index in [9.17, 15) is 9.59 Å². The molecule has 2 N–H and O–H groups in total. The topological polar surface area (TPSA) is 78.9 Å². The minimum absolute atomic E-state index is 0.0489.